The largest absolute Gasteiger partial charge is 0.497 e. The molecule has 0 saturated carbocycles. The lowest BCUT2D eigenvalue weighted by atomic mass is 10.1. The van der Waals surface area contributed by atoms with E-state index in [-0.39, 0.29) is 11.9 Å². The van der Waals surface area contributed by atoms with E-state index >= 15 is 0 Å². The molecule has 2 aromatic carbocycles. The second-order valence-electron chi connectivity index (χ2n) is 6.89. The molecule has 0 aliphatic carbocycles. The maximum absolute atomic E-state index is 13.0. The van der Waals surface area contributed by atoms with Crippen LogP contribution in [0.3, 0.4) is 0 Å². The number of aromatic nitrogens is 1. The van der Waals surface area contributed by atoms with Crippen LogP contribution in [0.15, 0.2) is 51.9 Å². The molecule has 7 heteroatoms. The molecular formula is C23H26N2O4S. The molecule has 3 rings (SSSR count). The Morgan fingerprint density at radius 1 is 1.17 bits per heavy atom. The lowest BCUT2D eigenvalue weighted by Crippen LogP contribution is -2.27. The first-order valence-corrected chi connectivity index (χ1v) is 10.6. The van der Waals surface area contributed by atoms with Crippen LogP contribution in [0.1, 0.15) is 45.9 Å². The van der Waals surface area contributed by atoms with Gasteiger partial charge in [-0.1, -0.05) is 17.3 Å². The average molecular weight is 427 g/mol. The SMILES string of the molecule is COc1ccc(C(C)NC(=O)c2ccccc2SCc2c(C)noc2C)c(OC)c1. The van der Waals surface area contributed by atoms with Crippen LogP contribution in [-0.2, 0) is 5.75 Å². The molecule has 0 bridgehead atoms. The van der Waals surface area contributed by atoms with Crippen LogP contribution in [0, 0.1) is 13.8 Å². The van der Waals surface area contributed by atoms with Gasteiger partial charge in [-0.15, -0.1) is 11.8 Å². The Bertz CT molecular complexity index is 1010. The summed E-state index contributed by atoms with van der Waals surface area (Å²) >= 11 is 1.59. The Balaban J connectivity index is 1.76. The number of methoxy groups -OCH3 is 2. The summed E-state index contributed by atoms with van der Waals surface area (Å²) in [6.45, 7) is 5.76. The lowest BCUT2D eigenvalue weighted by Gasteiger charge is -2.19. The van der Waals surface area contributed by atoms with Gasteiger partial charge in [0.1, 0.15) is 17.3 Å². The van der Waals surface area contributed by atoms with Crippen molar-refractivity contribution in [1.82, 2.24) is 10.5 Å². The van der Waals surface area contributed by atoms with E-state index in [0.29, 0.717) is 22.8 Å². The van der Waals surface area contributed by atoms with Crippen molar-refractivity contribution < 1.29 is 18.8 Å². The van der Waals surface area contributed by atoms with E-state index in [1.807, 2.05) is 63.2 Å². The zero-order valence-electron chi connectivity index (χ0n) is 17.8. The third-order valence-electron chi connectivity index (χ3n) is 4.94. The van der Waals surface area contributed by atoms with Crippen LogP contribution < -0.4 is 14.8 Å². The minimum absolute atomic E-state index is 0.137. The van der Waals surface area contributed by atoms with Gasteiger partial charge in [-0.05, 0) is 45.0 Å². The van der Waals surface area contributed by atoms with Crippen LogP contribution in [0.4, 0.5) is 0 Å². The molecule has 0 spiro atoms. The number of amides is 1. The molecule has 1 atom stereocenters. The summed E-state index contributed by atoms with van der Waals surface area (Å²) in [5, 5.41) is 7.08. The van der Waals surface area contributed by atoms with Gasteiger partial charge in [-0.25, -0.2) is 0 Å². The molecule has 158 valence electrons. The van der Waals surface area contributed by atoms with Gasteiger partial charge < -0.3 is 19.3 Å². The summed E-state index contributed by atoms with van der Waals surface area (Å²) in [5.41, 5.74) is 3.45. The van der Waals surface area contributed by atoms with Crippen molar-refractivity contribution >= 4 is 17.7 Å². The second-order valence-corrected chi connectivity index (χ2v) is 7.91. The van der Waals surface area contributed by atoms with Crippen molar-refractivity contribution in [3.05, 3.63) is 70.6 Å². The van der Waals surface area contributed by atoms with Crippen molar-refractivity contribution in [2.75, 3.05) is 14.2 Å². The fraction of sp³-hybridized carbons (Fsp3) is 0.304. The van der Waals surface area contributed by atoms with Crippen LogP contribution in [0.5, 0.6) is 11.5 Å². The van der Waals surface area contributed by atoms with Gasteiger partial charge in [0.25, 0.3) is 5.91 Å². The fourth-order valence-electron chi connectivity index (χ4n) is 3.17. The minimum Gasteiger partial charge on any atom is -0.497 e. The van der Waals surface area contributed by atoms with Crippen molar-refractivity contribution in [2.24, 2.45) is 0 Å². The summed E-state index contributed by atoms with van der Waals surface area (Å²) in [7, 11) is 3.21. The third-order valence-corrected chi connectivity index (χ3v) is 6.04. The predicted octanol–water partition coefficient (Wildman–Crippen LogP) is 5.09. The van der Waals surface area contributed by atoms with E-state index in [0.717, 1.165) is 27.5 Å². The van der Waals surface area contributed by atoms with Crippen LogP contribution >= 0.6 is 11.8 Å². The number of rotatable bonds is 8. The average Bonchev–Trinajstić information content (AvgIpc) is 3.09. The van der Waals surface area contributed by atoms with Gasteiger partial charge in [0.05, 0.1) is 31.5 Å². The molecule has 0 radical (unpaired) electrons. The Kier molecular flexibility index (Phi) is 7.05. The molecule has 3 aromatic rings. The number of carbonyl (C=O) groups excluding carboxylic acids is 1. The molecule has 0 aliphatic heterocycles. The van der Waals surface area contributed by atoms with Crippen molar-refractivity contribution in [3.8, 4) is 11.5 Å². The Morgan fingerprint density at radius 2 is 1.93 bits per heavy atom. The topological polar surface area (TPSA) is 73.6 Å². The Hall–Kier alpha value is -2.93. The van der Waals surface area contributed by atoms with E-state index < -0.39 is 0 Å². The van der Waals surface area contributed by atoms with Crippen molar-refractivity contribution in [2.45, 2.75) is 37.5 Å². The maximum Gasteiger partial charge on any atom is 0.252 e. The van der Waals surface area contributed by atoms with Gasteiger partial charge in [0.15, 0.2) is 0 Å². The van der Waals surface area contributed by atoms with Gasteiger partial charge in [-0.3, -0.25) is 4.79 Å². The van der Waals surface area contributed by atoms with E-state index in [1.54, 1.807) is 26.0 Å². The zero-order chi connectivity index (χ0) is 21.7. The molecule has 30 heavy (non-hydrogen) atoms. The van der Waals surface area contributed by atoms with E-state index in [2.05, 4.69) is 10.5 Å². The standard InChI is InChI=1S/C23H26N2O4S/c1-14(18-11-10-17(27-4)12-21(18)28-5)24-23(26)19-8-6-7-9-22(19)30-13-20-15(2)25-29-16(20)3/h6-12,14H,13H2,1-5H3,(H,24,26). The maximum atomic E-state index is 13.0. The molecule has 0 fully saturated rings. The van der Waals surface area contributed by atoms with Crippen molar-refractivity contribution in [1.29, 1.82) is 0 Å². The number of benzene rings is 2. The third kappa shape index (κ3) is 4.79. The monoisotopic (exact) mass is 426 g/mol. The lowest BCUT2D eigenvalue weighted by molar-refractivity contribution is 0.0936. The quantitative estimate of drug-likeness (QED) is 0.506. The summed E-state index contributed by atoms with van der Waals surface area (Å²) in [6.07, 6.45) is 0. The van der Waals surface area contributed by atoms with E-state index in [4.69, 9.17) is 14.0 Å². The zero-order valence-corrected chi connectivity index (χ0v) is 18.6. The highest BCUT2D eigenvalue weighted by Gasteiger charge is 2.19. The number of ether oxygens (including phenoxy) is 2. The number of thioether (sulfide) groups is 1. The molecule has 1 heterocycles. The van der Waals surface area contributed by atoms with Gasteiger partial charge in [0, 0.05) is 27.8 Å². The number of aryl methyl sites for hydroxylation is 2. The normalized spacial score (nSPS) is 11.8. The van der Waals surface area contributed by atoms with E-state index in [1.165, 1.54) is 0 Å². The number of nitrogens with one attached hydrogen (secondary N) is 1. The molecule has 1 amide bonds. The van der Waals surface area contributed by atoms with Gasteiger partial charge in [-0.2, -0.15) is 0 Å². The molecular weight excluding hydrogens is 400 g/mol. The molecule has 1 unspecified atom stereocenters. The number of carbonyl (C=O) groups is 1. The summed E-state index contributed by atoms with van der Waals surface area (Å²) in [5.74, 6) is 2.73. The minimum atomic E-state index is -0.237. The highest BCUT2D eigenvalue weighted by Crippen LogP contribution is 2.31. The van der Waals surface area contributed by atoms with Gasteiger partial charge in [0.2, 0.25) is 0 Å². The smallest absolute Gasteiger partial charge is 0.252 e. The Morgan fingerprint density at radius 3 is 2.60 bits per heavy atom. The first-order chi connectivity index (χ1) is 14.4. The highest BCUT2D eigenvalue weighted by molar-refractivity contribution is 7.98. The molecule has 6 nitrogen and oxygen atoms in total. The molecule has 0 saturated heterocycles. The fourth-order valence-corrected chi connectivity index (χ4v) is 4.37. The number of hydrogen-bond donors (Lipinski definition) is 1. The van der Waals surface area contributed by atoms with Crippen LogP contribution in [0.2, 0.25) is 0 Å². The molecule has 0 aliphatic rings. The van der Waals surface area contributed by atoms with Crippen molar-refractivity contribution in [3.63, 3.8) is 0 Å². The number of hydrogen-bond acceptors (Lipinski definition) is 6. The molecule has 1 N–H and O–H groups in total. The predicted molar refractivity (Wildman–Crippen MR) is 117 cm³/mol. The second kappa shape index (κ2) is 9.71. The van der Waals surface area contributed by atoms with Crippen LogP contribution in [-0.4, -0.2) is 25.3 Å². The van der Waals surface area contributed by atoms with E-state index in [9.17, 15) is 4.79 Å². The number of nitrogens with zero attached hydrogens (tertiary/aromatic N) is 1. The first kappa shape index (κ1) is 21.8. The molecule has 1 aromatic heterocycles. The first-order valence-electron chi connectivity index (χ1n) is 9.61. The van der Waals surface area contributed by atoms with Gasteiger partial charge >= 0.3 is 0 Å². The summed E-state index contributed by atoms with van der Waals surface area (Å²) in [6, 6.07) is 12.9. The Labute approximate surface area is 180 Å². The summed E-state index contributed by atoms with van der Waals surface area (Å²) in [4.78, 5) is 14.0. The highest BCUT2D eigenvalue weighted by atomic mass is 32.2. The van der Waals surface area contributed by atoms with Crippen LogP contribution in [0.25, 0.3) is 0 Å². The summed E-state index contributed by atoms with van der Waals surface area (Å²) < 4.78 is 16.0.